The average Bonchev–Trinajstić information content (AvgIpc) is 3.15. The molecule has 0 atom stereocenters. The Kier molecular flexibility index (Phi) is 5.25. The predicted octanol–water partition coefficient (Wildman–Crippen LogP) is 4.32. The van der Waals surface area contributed by atoms with E-state index in [0.29, 0.717) is 11.1 Å². The molecule has 6 nitrogen and oxygen atoms in total. The zero-order valence-electron chi connectivity index (χ0n) is 15.8. The molecule has 3 aromatic carbocycles. The summed E-state index contributed by atoms with van der Waals surface area (Å²) in [5.41, 5.74) is 3.47. The fourth-order valence-corrected chi connectivity index (χ4v) is 2.86. The van der Waals surface area contributed by atoms with Crippen LogP contribution in [-0.2, 0) is 4.74 Å². The maximum atomic E-state index is 12.6. The lowest BCUT2D eigenvalue weighted by atomic mass is 10.1. The van der Waals surface area contributed by atoms with Crippen LogP contribution < -0.4 is 0 Å². The Hall–Kier alpha value is -4.06. The van der Waals surface area contributed by atoms with Crippen LogP contribution in [0.2, 0.25) is 0 Å². The Morgan fingerprint density at radius 3 is 2.00 bits per heavy atom. The summed E-state index contributed by atoms with van der Waals surface area (Å²) in [5, 5.41) is 12.8. The molecule has 29 heavy (non-hydrogen) atoms. The molecule has 0 amide bonds. The zero-order chi connectivity index (χ0) is 20.1. The summed E-state index contributed by atoms with van der Waals surface area (Å²) in [6.45, 7) is 1.86. The van der Waals surface area contributed by atoms with E-state index in [1.807, 2.05) is 73.7 Å². The van der Waals surface area contributed by atoms with E-state index >= 15 is 0 Å². The summed E-state index contributed by atoms with van der Waals surface area (Å²) in [6.07, 6.45) is 0. The van der Waals surface area contributed by atoms with Gasteiger partial charge in [-0.1, -0.05) is 66.7 Å². The summed E-state index contributed by atoms with van der Waals surface area (Å²) in [5.74, 6) is -0.354. The van der Waals surface area contributed by atoms with Gasteiger partial charge in [-0.15, -0.1) is 15.0 Å². The van der Waals surface area contributed by atoms with Gasteiger partial charge in [-0.2, -0.15) is 0 Å². The van der Waals surface area contributed by atoms with Gasteiger partial charge in [0.05, 0.1) is 11.3 Å². The van der Waals surface area contributed by atoms with Crippen molar-refractivity contribution < 1.29 is 9.53 Å². The Morgan fingerprint density at radius 2 is 1.38 bits per heavy atom. The molecule has 142 valence electrons. The van der Waals surface area contributed by atoms with Crippen molar-refractivity contribution in [3.8, 4) is 11.3 Å². The van der Waals surface area contributed by atoms with Crippen molar-refractivity contribution in [3.63, 3.8) is 0 Å². The average molecular weight is 382 g/mol. The molecule has 1 heterocycles. The maximum absolute atomic E-state index is 12.6. The van der Waals surface area contributed by atoms with Crippen molar-refractivity contribution in [2.24, 2.45) is 5.10 Å². The molecule has 0 fully saturated rings. The number of aromatic nitrogens is 3. The number of rotatable bonds is 4. The normalized spacial score (nSPS) is 11.3. The number of ether oxygens (including phenoxy) is 1. The summed E-state index contributed by atoms with van der Waals surface area (Å²) in [6, 6.07) is 27.7. The van der Waals surface area contributed by atoms with Gasteiger partial charge in [0.25, 0.3) is 0 Å². The van der Waals surface area contributed by atoms with E-state index in [1.165, 1.54) is 4.79 Å². The van der Waals surface area contributed by atoms with Gasteiger partial charge < -0.3 is 4.74 Å². The molecule has 0 saturated carbocycles. The largest absolute Gasteiger partial charge is 0.402 e. The Balaban J connectivity index is 1.77. The molecule has 0 radical (unpaired) electrons. The molecule has 6 heteroatoms. The van der Waals surface area contributed by atoms with Crippen molar-refractivity contribution >= 4 is 11.9 Å². The number of aryl methyl sites for hydroxylation is 1. The third kappa shape index (κ3) is 4.11. The third-order valence-corrected chi connectivity index (χ3v) is 4.27. The van der Waals surface area contributed by atoms with Crippen molar-refractivity contribution in [1.29, 1.82) is 0 Å². The molecule has 4 rings (SSSR count). The second-order valence-electron chi connectivity index (χ2n) is 6.31. The molecule has 1 aromatic heterocycles. The number of esters is 1. The highest BCUT2D eigenvalue weighted by Crippen LogP contribution is 2.21. The molecule has 0 N–H and O–H groups in total. The number of carbonyl (C=O) groups is 1. The highest BCUT2D eigenvalue weighted by atomic mass is 16.5. The molecule has 0 aliphatic heterocycles. The molecule has 4 aromatic rings. The van der Waals surface area contributed by atoms with Gasteiger partial charge in [0.1, 0.15) is 5.69 Å². The van der Waals surface area contributed by atoms with E-state index in [0.717, 1.165) is 17.0 Å². The van der Waals surface area contributed by atoms with E-state index in [9.17, 15) is 4.79 Å². The Bertz CT molecular complexity index is 1140. The van der Waals surface area contributed by atoms with Crippen LogP contribution in [0, 0.1) is 6.92 Å². The maximum Gasteiger partial charge on any atom is 0.344 e. The number of nitrogens with zero attached hydrogens (tertiary/aromatic N) is 4. The van der Waals surface area contributed by atoms with E-state index in [-0.39, 0.29) is 5.90 Å². The molecule has 0 saturated heterocycles. The first-order chi connectivity index (χ1) is 14.2. The fourth-order valence-electron chi connectivity index (χ4n) is 2.86. The summed E-state index contributed by atoms with van der Waals surface area (Å²) < 4.78 is 5.65. The van der Waals surface area contributed by atoms with Crippen molar-refractivity contribution in [2.45, 2.75) is 6.92 Å². The standard InChI is InChI=1S/C23H18N4O2/c1-17-21(18-11-5-2-6-12-18)27(26-24-17)25-22(19-13-7-3-8-14-19)29-23(28)20-15-9-4-10-16-20/h2-16H,1H3/b25-22+. The van der Waals surface area contributed by atoms with E-state index in [2.05, 4.69) is 15.4 Å². The van der Waals surface area contributed by atoms with Crippen LogP contribution in [0.5, 0.6) is 0 Å². The lowest BCUT2D eigenvalue weighted by Gasteiger charge is -2.09. The lowest BCUT2D eigenvalue weighted by Crippen LogP contribution is -2.16. The second kappa shape index (κ2) is 8.31. The smallest absolute Gasteiger partial charge is 0.344 e. The first-order valence-electron chi connectivity index (χ1n) is 9.12. The Labute approximate surface area is 168 Å². The van der Waals surface area contributed by atoms with Crippen LogP contribution in [0.1, 0.15) is 21.6 Å². The number of hydrogen-bond donors (Lipinski definition) is 0. The summed E-state index contributed by atoms with van der Waals surface area (Å²) >= 11 is 0. The second-order valence-corrected chi connectivity index (χ2v) is 6.31. The van der Waals surface area contributed by atoms with Crippen LogP contribution in [0.15, 0.2) is 96.1 Å². The van der Waals surface area contributed by atoms with Crippen LogP contribution >= 0.6 is 0 Å². The highest BCUT2D eigenvalue weighted by molar-refractivity contribution is 6.05. The first-order valence-corrected chi connectivity index (χ1v) is 9.12. The molecule has 0 aliphatic rings. The van der Waals surface area contributed by atoms with Gasteiger partial charge in [-0.25, -0.2) is 4.79 Å². The van der Waals surface area contributed by atoms with Crippen molar-refractivity contribution in [3.05, 3.63) is 108 Å². The van der Waals surface area contributed by atoms with Gasteiger partial charge in [0.2, 0.25) is 5.90 Å². The van der Waals surface area contributed by atoms with Crippen molar-refractivity contribution in [1.82, 2.24) is 15.1 Å². The highest BCUT2D eigenvalue weighted by Gasteiger charge is 2.17. The zero-order valence-corrected chi connectivity index (χ0v) is 15.8. The number of benzene rings is 3. The SMILES string of the molecule is Cc1nnn(/N=C(/OC(=O)c2ccccc2)c2ccccc2)c1-c1ccccc1. The van der Waals surface area contributed by atoms with Crippen LogP contribution in [0.4, 0.5) is 0 Å². The first kappa shape index (κ1) is 18.3. The molecular formula is C23H18N4O2. The number of hydrogen-bond acceptors (Lipinski definition) is 5. The van der Waals surface area contributed by atoms with Crippen molar-refractivity contribution in [2.75, 3.05) is 0 Å². The van der Waals surface area contributed by atoms with Crippen LogP contribution in [0.3, 0.4) is 0 Å². The predicted molar refractivity (Wildman–Crippen MR) is 110 cm³/mol. The minimum atomic E-state index is -0.494. The minimum absolute atomic E-state index is 0.140. The van der Waals surface area contributed by atoms with Gasteiger partial charge in [-0.05, 0) is 36.4 Å². The molecular weight excluding hydrogens is 364 g/mol. The van der Waals surface area contributed by atoms with E-state index < -0.39 is 5.97 Å². The van der Waals surface area contributed by atoms with Crippen LogP contribution in [-0.4, -0.2) is 27.0 Å². The van der Waals surface area contributed by atoms with Gasteiger partial charge in [0.15, 0.2) is 0 Å². The minimum Gasteiger partial charge on any atom is -0.402 e. The molecule has 0 bridgehead atoms. The molecule has 0 spiro atoms. The number of carbonyl (C=O) groups excluding carboxylic acids is 1. The van der Waals surface area contributed by atoms with E-state index in [1.54, 1.807) is 24.3 Å². The van der Waals surface area contributed by atoms with E-state index in [4.69, 9.17) is 4.74 Å². The summed E-state index contributed by atoms with van der Waals surface area (Å²) in [4.78, 5) is 14.0. The fraction of sp³-hybridized carbons (Fsp3) is 0.0435. The Morgan fingerprint density at radius 1 is 0.828 bits per heavy atom. The third-order valence-electron chi connectivity index (χ3n) is 4.27. The molecule has 0 unspecified atom stereocenters. The monoisotopic (exact) mass is 382 g/mol. The van der Waals surface area contributed by atoms with Gasteiger partial charge >= 0.3 is 5.97 Å². The topological polar surface area (TPSA) is 69.4 Å². The van der Waals surface area contributed by atoms with Gasteiger partial charge in [-0.3, -0.25) is 0 Å². The van der Waals surface area contributed by atoms with Gasteiger partial charge in [0, 0.05) is 11.1 Å². The lowest BCUT2D eigenvalue weighted by molar-refractivity contribution is 0.0716. The quantitative estimate of drug-likeness (QED) is 0.299. The molecule has 0 aliphatic carbocycles. The summed E-state index contributed by atoms with van der Waals surface area (Å²) in [7, 11) is 0. The van der Waals surface area contributed by atoms with Crippen LogP contribution in [0.25, 0.3) is 11.3 Å².